The van der Waals surface area contributed by atoms with E-state index in [4.69, 9.17) is 14.2 Å². The van der Waals surface area contributed by atoms with E-state index in [1.165, 1.54) is 7.11 Å². The van der Waals surface area contributed by atoms with Gasteiger partial charge in [0.25, 0.3) is 0 Å². The molecule has 1 aromatic carbocycles. The van der Waals surface area contributed by atoms with Gasteiger partial charge in [-0.2, -0.15) is 0 Å². The van der Waals surface area contributed by atoms with Gasteiger partial charge in [-0.15, -0.1) is 0 Å². The molecular formula is C21H32N2O5. The molecule has 1 saturated heterocycles. The monoisotopic (exact) mass is 392 g/mol. The molecule has 7 heteroatoms. The summed E-state index contributed by atoms with van der Waals surface area (Å²) in [4.78, 5) is 25.9. The Labute approximate surface area is 167 Å². The van der Waals surface area contributed by atoms with E-state index in [1.54, 1.807) is 0 Å². The quantitative estimate of drug-likeness (QED) is 0.711. The largest absolute Gasteiger partial charge is 0.469 e. The summed E-state index contributed by atoms with van der Waals surface area (Å²) in [5.74, 6) is -0.672. The summed E-state index contributed by atoms with van der Waals surface area (Å²) in [5, 5.41) is 3.35. The molecule has 0 bridgehead atoms. The van der Waals surface area contributed by atoms with E-state index in [0.717, 1.165) is 48.6 Å². The van der Waals surface area contributed by atoms with Crippen molar-refractivity contribution >= 4 is 17.6 Å². The van der Waals surface area contributed by atoms with Crippen LogP contribution in [0.1, 0.15) is 37.5 Å². The summed E-state index contributed by atoms with van der Waals surface area (Å²) in [6.45, 7) is 11.3. The van der Waals surface area contributed by atoms with Crippen LogP contribution < -0.4 is 10.2 Å². The second-order valence-corrected chi connectivity index (χ2v) is 7.97. The molecule has 0 saturated carbocycles. The van der Waals surface area contributed by atoms with Gasteiger partial charge in [-0.05, 0) is 50.5 Å². The number of methoxy groups -OCH3 is 1. The Hall–Kier alpha value is -2.12. The second-order valence-electron chi connectivity index (χ2n) is 7.97. The molecule has 0 amide bonds. The number of esters is 2. The van der Waals surface area contributed by atoms with Gasteiger partial charge in [0, 0.05) is 31.9 Å². The van der Waals surface area contributed by atoms with Crippen molar-refractivity contribution in [1.82, 2.24) is 5.32 Å². The molecule has 0 atom stereocenters. The predicted octanol–water partition coefficient (Wildman–Crippen LogP) is 1.98. The molecule has 1 N–H and O–H groups in total. The van der Waals surface area contributed by atoms with Gasteiger partial charge in [-0.1, -0.05) is 6.07 Å². The first-order valence-corrected chi connectivity index (χ1v) is 9.64. The van der Waals surface area contributed by atoms with Crippen LogP contribution in [0.3, 0.4) is 0 Å². The second kappa shape index (κ2) is 9.89. The van der Waals surface area contributed by atoms with Crippen LogP contribution in [0, 0.1) is 6.92 Å². The summed E-state index contributed by atoms with van der Waals surface area (Å²) in [6.07, 6.45) is 0.203. The van der Waals surface area contributed by atoms with E-state index >= 15 is 0 Å². The van der Waals surface area contributed by atoms with Crippen molar-refractivity contribution in [2.45, 2.75) is 46.3 Å². The number of rotatable bonds is 7. The average Bonchev–Trinajstić information content (AvgIpc) is 2.63. The number of anilines is 1. The van der Waals surface area contributed by atoms with Gasteiger partial charge in [0.1, 0.15) is 12.2 Å². The lowest BCUT2D eigenvalue weighted by Gasteiger charge is -2.32. The summed E-state index contributed by atoms with van der Waals surface area (Å²) >= 11 is 0. The number of nitrogens with zero attached hydrogens (tertiary/aromatic N) is 1. The summed E-state index contributed by atoms with van der Waals surface area (Å²) in [5.41, 5.74) is 3.49. The number of hydrogen-bond acceptors (Lipinski definition) is 7. The maximum Gasteiger partial charge on any atom is 0.332 e. The highest BCUT2D eigenvalue weighted by Crippen LogP contribution is 2.27. The summed E-state index contributed by atoms with van der Waals surface area (Å²) < 4.78 is 15.7. The molecule has 2 rings (SSSR count). The fraction of sp³-hybridized carbons (Fsp3) is 0.619. The van der Waals surface area contributed by atoms with Gasteiger partial charge in [0.05, 0.1) is 20.1 Å². The molecule has 1 heterocycles. The maximum atomic E-state index is 11.9. The zero-order valence-corrected chi connectivity index (χ0v) is 17.6. The minimum atomic E-state index is -0.535. The molecule has 0 aliphatic carbocycles. The van der Waals surface area contributed by atoms with Crippen LogP contribution in [0.15, 0.2) is 12.1 Å². The van der Waals surface area contributed by atoms with Crippen molar-refractivity contribution in [2.24, 2.45) is 0 Å². The lowest BCUT2D eigenvalue weighted by molar-refractivity contribution is -0.160. The molecule has 1 fully saturated rings. The third-order valence-corrected chi connectivity index (χ3v) is 4.48. The van der Waals surface area contributed by atoms with Crippen molar-refractivity contribution in [1.29, 1.82) is 0 Å². The van der Waals surface area contributed by atoms with Crippen LogP contribution in [0.25, 0.3) is 0 Å². The standard InChI is InChI=1S/C21H32N2O5/c1-15-17(13-27-14-20(25)28-21(2,3)4)10-16(12-19(24)26-5)11-18(15)23-8-6-22-7-9-23/h10-11,22H,6-9,12-14H2,1-5H3. The Morgan fingerprint density at radius 3 is 2.43 bits per heavy atom. The Morgan fingerprint density at radius 2 is 1.82 bits per heavy atom. The SMILES string of the molecule is COC(=O)Cc1cc(COCC(=O)OC(C)(C)C)c(C)c(N2CCNCC2)c1. The summed E-state index contributed by atoms with van der Waals surface area (Å²) in [7, 11) is 1.39. The van der Waals surface area contributed by atoms with Crippen molar-refractivity contribution in [3.05, 3.63) is 28.8 Å². The van der Waals surface area contributed by atoms with Crippen LogP contribution in [-0.4, -0.2) is 57.4 Å². The number of benzene rings is 1. The maximum absolute atomic E-state index is 11.9. The smallest absolute Gasteiger partial charge is 0.332 e. The van der Waals surface area contributed by atoms with E-state index in [1.807, 2.05) is 33.8 Å². The fourth-order valence-electron chi connectivity index (χ4n) is 3.16. The van der Waals surface area contributed by atoms with Gasteiger partial charge in [0.2, 0.25) is 0 Å². The Balaban J connectivity index is 2.15. The first kappa shape index (κ1) is 22.2. The number of nitrogens with one attached hydrogen (secondary N) is 1. The van der Waals surface area contributed by atoms with Gasteiger partial charge < -0.3 is 24.4 Å². The molecule has 0 aromatic heterocycles. The van der Waals surface area contributed by atoms with E-state index in [2.05, 4.69) is 16.3 Å². The zero-order chi connectivity index (χ0) is 20.7. The highest BCUT2D eigenvalue weighted by molar-refractivity contribution is 5.74. The Kier molecular flexibility index (Phi) is 7.83. The lowest BCUT2D eigenvalue weighted by Crippen LogP contribution is -2.44. The third-order valence-electron chi connectivity index (χ3n) is 4.48. The highest BCUT2D eigenvalue weighted by Gasteiger charge is 2.19. The lowest BCUT2D eigenvalue weighted by atomic mass is 10.00. The van der Waals surface area contributed by atoms with E-state index in [9.17, 15) is 9.59 Å². The third kappa shape index (κ3) is 6.80. The van der Waals surface area contributed by atoms with Gasteiger partial charge in [-0.3, -0.25) is 4.79 Å². The average molecular weight is 392 g/mol. The molecule has 0 radical (unpaired) electrons. The summed E-state index contributed by atoms with van der Waals surface area (Å²) in [6, 6.07) is 4.00. The van der Waals surface area contributed by atoms with Crippen LogP contribution in [-0.2, 0) is 36.8 Å². The minimum absolute atomic E-state index is 0.110. The number of carbonyl (C=O) groups excluding carboxylic acids is 2. The van der Waals surface area contributed by atoms with Crippen molar-refractivity contribution in [3.8, 4) is 0 Å². The van der Waals surface area contributed by atoms with Crippen LogP contribution in [0.4, 0.5) is 5.69 Å². The van der Waals surface area contributed by atoms with Gasteiger partial charge in [-0.25, -0.2) is 4.79 Å². The molecule has 0 unspecified atom stereocenters. The first-order chi connectivity index (χ1) is 13.2. The van der Waals surface area contributed by atoms with E-state index in [0.29, 0.717) is 0 Å². The van der Waals surface area contributed by atoms with Crippen molar-refractivity contribution in [2.75, 3.05) is 44.8 Å². The number of carbonyl (C=O) groups is 2. The Morgan fingerprint density at radius 1 is 1.14 bits per heavy atom. The van der Waals surface area contributed by atoms with Crippen LogP contribution >= 0.6 is 0 Å². The van der Waals surface area contributed by atoms with Crippen molar-refractivity contribution < 1.29 is 23.8 Å². The molecule has 1 aliphatic heterocycles. The molecule has 0 spiro atoms. The number of hydrogen-bond donors (Lipinski definition) is 1. The number of piperazine rings is 1. The van der Waals surface area contributed by atoms with E-state index < -0.39 is 11.6 Å². The predicted molar refractivity (Wildman–Crippen MR) is 107 cm³/mol. The zero-order valence-electron chi connectivity index (χ0n) is 17.6. The van der Waals surface area contributed by atoms with Gasteiger partial charge in [0.15, 0.2) is 0 Å². The first-order valence-electron chi connectivity index (χ1n) is 9.64. The van der Waals surface area contributed by atoms with Crippen molar-refractivity contribution in [3.63, 3.8) is 0 Å². The van der Waals surface area contributed by atoms with Crippen LogP contribution in [0.2, 0.25) is 0 Å². The van der Waals surface area contributed by atoms with E-state index in [-0.39, 0.29) is 25.6 Å². The topological polar surface area (TPSA) is 77.1 Å². The molecule has 156 valence electrons. The van der Waals surface area contributed by atoms with Gasteiger partial charge >= 0.3 is 11.9 Å². The molecule has 7 nitrogen and oxygen atoms in total. The fourth-order valence-corrected chi connectivity index (χ4v) is 3.16. The number of ether oxygens (including phenoxy) is 3. The molecular weight excluding hydrogens is 360 g/mol. The normalized spacial score (nSPS) is 14.7. The molecule has 28 heavy (non-hydrogen) atoms. The Bertz CT molecular complexity index is 691. The van der Waals surface area contributed by atoms with Crippen LogP contribution in [0.5, 0.6) is 0 Å². The minimum Gasteiger partial charge on any atom is -0.469 e. The highest BCUT2D eigenvalue weighted by atomic mass is 16.6. The molecule has 1 aromatic rings. The molecule has 1 aliphatic rings.